The molecule has 2 rings (SSSR count). The van der Waals surface area contributed by atoms with Crippen LogP contribution in [0.25, 0.3) is 0 Å². The number of alkyl halides is 3. The van der Waals surface area contributed by atoms with E-state index in [-0.39, 0.29) is 29.7 Å². The third-order valence-electron chi connectivity index (χ3n) is 3.63. The molecule has 8 heteroatoms. The standard InChI is InChI=1S/C13H15F4NO2S/c1-18(11-4-5-21(19,20)8-11)7-9-2-3-10(14)6-12(9)13(15,16)17/h2-3,6,11H,4-5,7-8H2,1H3/t11-/m0/s1. The fourth-order valence-corrected chi connectivity index (χ4v) is 4.28. The second-order valence-corrected chi connectivity index (χ2v) is 7.50. The molecule has 1 aromatic carbocycles. The van der Waals surface area contributed by atoms with Crippen molar-refractivity contribution in [2.45, 2.75) is 25.2 Å². The molecule has 0 aliphatic carbocycles. The van der Waals surface area contributed by atoms with Crippen LogP contribution in [0.1, 0.15) is 17.5 Å². The average Bonchev–Trinajstić information content (AvgIpc) is 2.71. The number of sulfone groups is 1. The lowest BCUT2D eigenvalue weighted by Crippen LogP contribution is -2.32. The highest BCUT2D eigenvalue weighted by Gasteiger charge is 2.35. The molecule has 3 nitrogen and oxygen atoms in total. The number of hydrogen-bond donors (Lipinski definition) is 0. The van der Waals surface area contributed by atoms with Crippen LogP contribution in [0.5, 0.6) is 0 Å². The Hall–Kier alpha value is -1.15. The molecule has 0 spiro atoms. The van der Waals surface area contributed by atoms with Gasteiger partial charge in [-0.15, -0.1) is 0 Å². The lowest BCUT2D eigenvalue weighted by molar-refractivity contribution is -0.138. The van der Waals surface area contributed by atoms with Crippen LogP contribution < -0.4 is 0 Å². The smallest absolute Gasteiger partial charge is 0.298 e. The predicted molar refractivity (Wildman–Crippen MR) is 69.9 cm³/mol. The molecule has 1 fully saturated rings. The van der Waals surface area contributed by atoms with Gasteiger partial charge in [0, 0.05) is 12.6 Å². The highest BCUT2D eigenvalue weighted by molar-refractivity contribution is 7.91. The van der Waals surface area contributed by atoms with E-state index in [0.717, 1.165) is 12.1 Å². The Morgan fingerprint density at radius 2 is 2.00 bits per heavy atom. The first kappa shape index (κ1) is 16.2. The molecule has 1 aromatic rings. The SMILES string of the molecule is CN(Cc1ccc(F)cc1C(F)(F)F)[C@H]1CCS(=O)(=O)C1. The zero-order chi connectivity index (χ0) is 15.8. The molecule has 118 valence electrons. The van der Waals surface area contributed by atoms with E-state index >= 15 is 0 Å². The minimum Gasteiger partial charge on any atom is -0.298 e. The molecule has 0 saturated carbocycles. The van der Waals surface area contributed by atoms with Crippen molar-refractivity contribution in [3.05, 3.63) is 35.1 Å². The van der Waals surface area contributed by atoms with Gasteiger partial charge in [0.1, 0.15) is 5.82 Å². The molecular weight excluding hydrogens is 310 g/mol. The van der Waals surface area contributed by atoms with E-state index in [2.05, 4.69) is 0 Å². The van der Waals surface area contributed by atoms with Crippen LogP contribution >= 0.6 is 0 Å². The summed E-state index contributed by atoms with van der Waals surface area (Å²) >= 11 is 0. The van der Waals surface area contributed by atoms with Gasteiger partial charge in [0.15, 0.2) is 9.84 Å². The molecule has 0 N–H and O–H groups in total. The van der Waals surface area contributed by atoms with Gasteiger partial charge in [-0.1, -0.05) is 6.07 Å². The lowest BCUT2D eigenvalue weighted by Gasteiger charge is -2.24. The van der Waals surface area contributed by atoms with Gasteiger partial charge in [0.2, 0.25) is 0 Å². The fourth-order valence-electron chi connectivity index (χ4n) is 2.47. The zero-order valence-corrected chi connectivity index (χ0v) is 12.1. The highest BCUT2D eigenvalue weighted by Crippen LogP contribution is 2.33. The Morgan fingerprint density at radius 3 is 2.52 bits per heavy atom. The maximum absolute atomic E-state index is 13.0. The van der Waals surface area contributed by atoms with Crippen molar-refractivity contribution in [3.8, 4) is 0 Å². The number of rotatable bonds is 3. The topological polar surface area (TPSA) is 37.4 Å². The first-order valence-electron chi connectivity index (χ1n) is 6.35. The van der Waals surface area contributed by atoms with Crippen LogP contribution in [0.4, 0.5) is 17.6 Å². The summed E-state index contributed by atoms with van der Waals surface area (Å²) in [5.41, 5.74) is -1.08. The van der Waals surface area contributed by atoms with Crippen molar-refractivity contribution in [2.75, 3.05) is 18.6 Å². The number of halogens is 4. The summed E-state index contributed by atoms with van der Waals surface area (Å²) in [5, 5.41) is 0. The van der Waals surface area contributed by atoms with Gasteiger partial charge in [0.05, 0.1) is 17.1 Å². The lowest BCUT2D eigenvalue weighted by atomic mass is 10.1. The van der Waals surface area contributed by atoms with Crippen molar-refractivity contribution in [1.29, 1.82) is 0 Å². The minimum atomic E-state index is -4.64. The van der Waals surface area contributed by atoms with Crippen LogP contribution in [-0.2, 0) is 22.6 Å². The first-order valence-corrected chi connectivity index (χ1v) is 8.17. The molecule has 0 aromatic heterocycles. The van der Waals surface area contributed by atoms with Crippen LogP contribution in [0, 0.1) is 5.82 Å². The van der Waals surface area contributed by atoms with Crippen molar-refractivity contribution in [3.63, 3.8) is 0 Å². The van der Waals surface area contributed by atoms with E-state index in [0.29, 0.717) is 12.5 Å². The molecule has 0 unspecified atom stereocenters. The monoisotopic (exact) mass is 325 g/mol. The Labute approximate surface area is 120 Å². The fraction of sp³-hybridized carbons (Fsp3) is 0.538. The second kappa shape index (κ2) is 5.57. The predicted octanol–water partition coefficient (Wildman–Crippen LogP) is 2.46. The van der Waals surface area contributed by atoms with Gasteiger partial charge in [-0.05, 0) is 31.2 Å². The summed E-state index contributed by atoms with van der Waals surface area (Å²) in [6.45, 7) is -0.0741. The van der Waals surface area contributed by atoms with Crippen LogP contribution in [-0.4, -0.2) is 37.9 Å². The maximum atomic E-state index is 13.0. The summed E-state index contributed by atoms with van der Waals surface area (Å²) in [7, 11) is -1.52. The highest BCUT2D eigenvalue weighted by atomic mass is 32.2. The molecule has 1 atom stereocenters. The summed E-state index contributed by atoms with van der Waals surface area (Å²) in [5.74, 6) is -0.943. The van der Waals surface area contributed by atoms with Crippen LogP contribution in [0.15, 0.2) is 18.2 Å². The van der Waals surface area contributed by atoms with E-state index in [4.69, 9.17) is 0 Å². The first-order chi connectivity index (χ1) is 9.58. The maximum Gasteiger partial charge on any atom is 0.416 e. The molecular formula is C13H15F4NO2S. The zero-order valence-electron chi connectivity index (χ0n) is 11.3. The van der Waals surface area contributed by atoms with Gasteiger partial charge in [-0.3, -0.25) is 4.90 Å². The van der Waals surface area contributed by atoms with Gasteiger partial charge < -0.3 is 0 Å². The summed E-state index contributed by atoms with van der Waals surface area (Å²) in [6.07, 6.45) is -4.23. The number of nitrogens with zero attached hydrogens (tertiary/aromatic N) is 1. The van der Waals surface area contributed by atoms with Gasteiger partial charge in [-0.25, -0.2) is 12.8 Å². The Balaban J connectivity index is 2.20. The van der Waals surface area contributed by atoms with Crippen molar-refractivity contribution in [2.24, 2.45) is 0 Å². The van der Waals surface area contributed by atoms with E-state index in [9.17, 15) is 26.0 Å². The van der Waals surface area contributed by atoms with Crippen LogP contribution in [0.3, 0.4) is 0 Å². The average molecular weight is 325 g/mol. The largest absolute Gasteiger partial charge is 0.416 e. The Kier molecular flexibility index (Phi) is 4.30. The summed E-state index contributed by atoms with van der Waals surface area (Å²) in [6, 6.07) is 2.23. The van der Waals surface area contributed by atoms with Crippen molar-refractivity contribution >= 4 is 9.84 Å². The van der Waals surface area contributed by atoms with E-state index in [1.54, 1.807) is 11.9 Å². The third kappa shape index (κ3) is 3.94. The van der Waals surface area contributed by atoms with Gasteiger partial charge >= 0.3 is 6.18 Å². The third-order valence-corrected chi connectivity index (χ3v) is 5.38. The minimum absolute atomic E-state index is 0.0496. The molecule has 0 bridgehead atoms. The van der Waals surface area contributed by atoms with E-state index in [1.807, 2.05) is 0 Å². The van der Waals surface area contributed by atoms with Crippen molar-refractivity contribution in [1.82, 2.24) is 4.90 Å². The van der Waals surface area contributed by atoms with Gasteiger partial charge in [-0.2, -0.15) is 13.2 Å². The van der Waals surface area contributed by atoms with Crippen LogP contribution in [0.2, 0.25) is 0 Å². The molecule has 21 heavy (non-hydrogen) atoms. The van der Waals surface area contributed by atoms with E-state index < -0.39 is 27.4 Å². The number of benzene rings is 1. The summed E-state index contributed by atoms with van der Waals surface area (Å²) < 4.78 is 74.5. The van der Waals surface area contributed by atoms with Gasteiger partial charge in [0.25, 0.3) is 0 Å². The quantitative estimate of drug-likeness (QED) is 0.801. The molecule has 1 aliphatic rings. The Morgan fingerprint density at radius 1 is 1.33 bits per heavy atom. The Bertz CT molecular complexity index is 628. The normalized spacial score (nSPS) is 21.9. The molecule has 0 amide bonds. The number of hydrogen-bond acceptors (Lipinski definition) is 3. The summed E-state index contributed by atoms with van der Waals surface area (Å²) in [4.78, 5) is 1.58. The molecule has 1 aliphatic heterocycles. The van der Waals surface area contributed by atoms with Crippen molar-refractivity contribution < 1.29 is 26.0 Å². The molecule has 1 heterocycles. The van der Waals surface area contributed by atoms with E-state index in [1.165, 1.54) is 0 Å². The molecule has 1 saturated heterocycles. The molecule has 0 radical (unpaired) electrons. The second-order valence-electron chi connectivity index (χ2n) is 5.27.